The lowest BCUT2D eigenvalue weighted by Gasteiger charge is -2.34. The first-order valence-corrected chi connectivity index (χ1v) is 8.45. The van der Waals surface area contributed by atoms with Crippen LogP contribution in [-0.4, -0.2) is 52.9 Å². The molecule has 6 nitrogen and oxygen atoms in total. The second-order valence-corrected chi connectivity index (χ2v) is 6.30. The van der Waals surface area contributed by atoms with Crippen molar-refractivity contribution in [2.75, 3.05) is 31.5 Å². The van der Waals surface area contributed by atoms with Gasteiger partial charge in [0.05, 0.1) is 0 Å². The first kappa shape index (κ1) is 17.2. The summed E-state index contributed by atoms with van der Waals surface area (Å²) < 4.78 is 0. The second-order valence-electron chi connectivity index (χ2n) is 5.89. The van der Waals surface area contributed by atoms with Gasteiger partial charge in [0, 0.05) is 43.1 Å². The Hall–Kier alpha value is -2.60. The number of amides is 3. The van der Waals surface area contributed by atoms with Crippen LogP contribution in [0.15, 0.2) is 42.6 Å². The number of carbonyl (C=O) groups is 2. The summed E-state index contributed by atoms with van der Waals surface area (Å²) in [6, 6.07) is 10.5. The summed E-state index contributed by atoms with van der Waals surface area (Å²) in [6.45, 7) is 3.83. The van der Waals surface area contributed by atoms with Crippen molar-refractivity contribution >= 4 is 29.2 Å². The molecule has 0 unspecified atom stereocenters. The van der Waals surface area contributed by atoms with Crippen molar-refractivity contribution < 1.29 is 9.59 Å². The molecule has 0 saturated carbocycles. The molecule has 25 heavy (non-hydrogen) atoms. The highest BCUT2D eigenvalue weighted by molar-refractivity contribution is 6.31. The lowest BCUT2D eigenvalue weighted by atomic mass is 10.2. The predicted octanol–water partition coefficient (Wildman–Crippen LogP) is 3.03. The van der Waals surface area contributed by atoms with Crippen molar-refractivity contribution in [3.8, 4) is 0 Å². The molecule has 3 amide bonds. The van der Waals surface area contributed by atoms with Crippen molar-refractivity contribution in [3.63, 3.8) is 0 Å². The normalized spacial score (nSPS) is 14.3. The number of benzene rings is 1. The van der Waals surface area contributed by atoms with Gasteiger partial charge in [-0.05, 0) is 36.8 Å². The van der Waals surface area contributed by atoms with Gasteiger partial charge in [0.1, 0.15) is 5.69 Å². The molecule has 130 valence electrons. The van der Waals surface area contributed by atoms with Gasteiger partial charge in [-0.15, -0.1) is 0 Å². The summed E-state index contributed by atoms with van der Waals surface area (Å²) in [6.07, 6.45) is 1.60. The molecule has 2 heterocycles. The molecule has 0 radical (unpaired) electrons. The SMILES string of the molecule is Cc1ccc(NC(=O)N2CCN(C(=O)c3ccccn3)CC2)cc1Cl. The molecule has 1 fully saturated rings. The van der Waals surface area contributed by atoms with Gasteiger partial charge < -0.3 is 15.1 Å². The molecule has 7 heteroatoms. The fraction of sp³-hybridized carbons (Fsp3) is 0.278. The molecule has 1 aliphatic heterocycles. The zero-order chi connectivity index (χ0) is 17.8. The number of carbonyl (C=O) groups excluding carboxylic acids is 2. The van der Waals surface area contributed by atoms with E-state index in [0.29, 0.717) is 42.6 Å². The summed E-state index contributed by atoms with van der Waals surface area (Å²) in [5, 5.41) is 3.46. The largest absolute Gasteiger partial charge is 0.334 e. The topological polar surface area (TPSA) is 65.5 Å². The molecule has 1 aromatic heterocycles. The highest BCUT2D eigenvalue weighted by Crippen LogP contribution is 2.20. The number of hydrogen-bond acceptors (Lipinski definition) is 3. The van der Waals surface area contributed by atoms with Gasteiger partial charge >= 0.3 is 6.03 Å². The number of piperazine rings is 1. The number of halogens is 1. The van der Waals surface area contributed by atoms with Crippen LogP contribution < -0.4 is 5.32 Å². The number of hydrogen-bond donors (Lipinski definition) is 1. The Labute approximate surface area is 151 Å². The minimum absolute atomic E-state index is 0.106. The van der Waals surface area contributed by atoms with Gasteiger partial charge in [-0.25, -0.2) is 4.79 Å². The molecular formula is C18H19ClN4O2. The van der Waals surface area contributed by atoms with Gasteiger partial charge in [0.2, 0.25) is 0 Å². The molecule has 1 aliphatic rings. The van der Waals surface area contributed by atoms with Gasteiger partial charge in [-0.2, -0.15) is 0 Å². The Kier molecular flexibility index (Phi) is 5.19. The Bertz CT molecular complexity index is 774. The average molecular weight is 359 g/mol. The molecule has 1 saturated heterocycles. The Balaban J connectivity index is 1.55. The molecule has 3 rings (SSSR count). The third-order valence-corrected chi connectivity index (χ3v) is 4.57. The Morgan fingerprint density at radius 2 is 1.80 bits per heavy atom. The minimum Gasteiger partial charge on any atom is -0.334 e. The van der Waals surface area contributed by atoms with Crippen LogP contribution in [0, 0.1) is 6.92 Å². The van der Waals surface area contributed by atoms with Gasteiger partial charge in [-0.1, -0.05) is 23.7 Å². The average Bonchev–Trinajstić information content (AvgIpc) is 2.65. The number of anilines is 1. The van der Waals surface area contributed by atoms with Crippen LogP contribution in [0.3, 0.4) is 0 Å². The van der Waals surface area contributed by atoms with E-state index >= 15 is 0 Å². The molecule has 1 aromatic carbocycles. The number of urea groups is 1. The molecule has 0 spiro atoms. The van der Waals surface area contributed by atoms with Crippen LogP contribution in [0.5, 0.6) is 0 Å². The maximum absolute atomic E-state index is 12.4. The molecule has 0 atom stereocenters. The summed E-state index contributed by atoms with van der Waals surface area (Å²) >= 11 is 6.08. The zero-order valence-corrected chi connectivity index (χ0v) is 14.7. The maximum Gasteiger partial charge on any atom is 0.321 e. The van der Waals surface area contributed by atoms with E-state index in [1.54, 1.807) is 40.3 Å². The van der Waals surface area contributed by atoms with E-state index in [2.05, 4.69) is 10.3 Å². The minimum atomic E-state index is -0.190. The molecule has 0 aliphatic carbocycles. The summed E-state index contributed by atoms with van der Waals surface area (Å²) in [5.41, 5.74) is 2.05. The smallest absolute Gasteiger partial charge is 0.321 e. The lowest BCUT2D eigenvalue weighted by Crippen LogP contribution is -2.51. The van der Waals surface area contributed by atoms with E-state index in [1.165, 1.54) is 0 Å². The van der Waals surface area contributed by atoms with E-state index in [4.69, 9.17) is 11.6 Å². The van der Waals surface area contributed by atoms with Crippen LogP contribution >= 0.6 is 11.6 Å². The van der Waals surface area contributed by atoms with Crippen LogP contribution in [-0.2, 0) is 0 Å². The van der Waals surface area contributed by atoms with E-state index in [1.807, 2.05) is 19.1 Å². The summed E-state index contributed by atoms with van der Waals surface area (Å²) in [7, 11) is 0. The third-order valence-electron chi connectivity index (χ3n) is 4.16. The molecule has 2 aromatic rings. The number of pyridine rings is 1. The predicted molar refractivity (Wildman–Crippen MR) is 96.9 cm³/mol. The quantitative estimate of drug-likeness (QED) is 0.897. The highest BCUT2D eigenvalue weighted by atomic mass is 35.5. The fourth-order valence-corrected chi connectivity index (χ4v) is 2.82. The zero-order valence-electron chi connectivity index (χ0n) is 13.9. The van der Waals surface area contributed by atoms with Crippen LogP contribution in [0.1, 0.15) is 16.1 Å². The number of nitrogens with one attached hydrogen (secondary N) is 1. The summed E-state index contributed by atoms with van der Waals surface area (Å²) in [4.78, 5) is 32.2. The lowest BCUT2D eigenvalue weighted by molar-refractivity contribution is 0.0666. The van der Waals surface area contributed by atoms with Crippen LogP contribution in [0.4, 0.5) is 10.5 Å². The highest BCUT2D eigenvalue weighted by Gasteiger charge is 2.25. The monoisotopic (exact) mass is 358 g/mol. The second kappa shape index (κ2) is 7.53. The van der Waals surface area contributed by atoms with Crippen molar-refractivity contribution in [1.82, 2.24) is 14.8 Å². The van der Waals surface area contributed by atoms with E-state index < -0.39 is 0 Å². The van der Waals surface area contributed by atoms with Crippen molar-refractivity contribution in [2.24, 2.45) is 0 Å². The van der Waals surface area contributed by atoms with Gasteiger partial charge in [-0.3, -0.25) is 9.78 Å². The van der Waals surface area contributed by atoms with Crippen molar-refractivity contribution in [1.29, 1.82) is 0 Å². The fourth-order valence-electron chi connectivity index (χ4n) is 2.64. The Morgan fingerprint density at radius 1 is 1.08 bits per heavy atom. The van der Waals surface area contributed by atoms with Gasteiger partial charge in [0.25, 0.3) is 5.91 Å². The van der Waals surface area contributed by atoms with Crippen LogP contribution in [0.25, 0.3) is 0 Å². The number of rotatable bonds is 2. The first-order valence-electron chi connectivity index (χ1n) is 8.07. The first-order chi connectivity index (χ1) is 12.0. The summed E-state index contributed by atoms with van der Waals surface area (Å²) in [5.74, 6) is -0.106. The number of aryl methyl sites for hydroxylation is 1. The molecule has 1 N–H and O–H groups in total. The van der Waals surface area contributed by atoms with E-state index in [-0.39, 0.29) is 11.9 Å². The molecular weight excluding hydrogens is 340 g/mol. The number of nitrogens with zero attached hydrogens (tertiary/aromatic N) is 3. The van der Waals surface area contributed by atoms with Gasteiger partial charge in [0.15, 0.2) is 0 Å². The van der Waals surface area contributed by atoms with Crippen molar-refractivity contribution in [3.05, 3.63) is 58.9 Å². The van der Waals surface area contributed by atoms with E-state index in [0.717, 1.165) is 5.56 Å². The molecule has 0 bridgehead atoms. The Morgan fingerprint density at radius 3 is 2.44 bits per heavy atom. The van der Waals surface area contributed by atoms with E-state index in [9.17, 15) is 9.59 Å². The van der Waals surface area contributed by atoms with Crippen LogP contribution in [0.2, 0.25) is 5.02 Å². The number of aromatic nitrogens is 1. The maximum atomic E-state index is 12.4. The third kappa shape index (κ3) is 4.09. The standard InChI is InChI=1S/C18H19ClN4O2/c1-13-5-6-14(12-15(13)19)21-18(25)23-10-8-22(9-11-23)17(24)16-4-2-3-7-20-16/h2-7,12H,8-11H2,1H3,(H,21,25). The van der Waals surface area contributed by atoms with Crippen molar-refractivity contribution in [2.45, 2.75) is 6.92 Å².